The molecular weight excluding hydrogens is 208 g/mol. The summed E-state index contributed by atoms with van der Waals surface area (Å²) in [5.41, 5.74) is 0.502. The highest BCUT2D eigenvalue weighted by Crippen LogP contribution is 2.35. The predicted octanol–water partition coefficient (Wildman–Crippen LogP) is 3.28. The first-order valence-electron chi connectivity index (χ1n) is 7.37. The quantitative estimate of drug-likeness (QED) is 0.717. The van der Waals surface area contributed by atoms with Crippen molar-refractivity contribution in [2.75, 3.05) is 20.1 Å². The van der Waals surface area contributed by atoms with E-state index in [2.05, 4.69) is 45.0 Å². The number of hydrogen-bond acceptors (Lipinski definition) is 2. The van der Waals surface area contributed by atoms with E-state index in [0.29, 0.717) is 11.5 Å². The Morgan fingerprint density at radius 3 is 2.59 bits per heavy atom. The zero-order chi connectivity index (χ0) is 12.9. The molecule has 1 fully saturated rings. The fourth-order valence-corrected chi connectivity index (χ4v) is 2.74. The van der Waals surface area contributed by atoms with Gasteiger partial charge >= 0.3 is 0 Å². The molecule has 1 unspecified atom stereocenters. The van der Waals surface area contributed by atoms with Crippen LogP contribution in [-0.4, -0.2) is 37.1 Å². The standard InChI is InChI=1S/C15H32N2/c1-13(2)17(5)12-8-11-16-14-9-6-7-10-15(14,3)4/h13-14,16H,6-12H2,1-5H3. The summed E-state index contributed by atoms with van der Waals surface area (Å²) in [4.78, 5) is 2.42. The molecule has 2 nitrogen and oxygen atoms in total. The van der Waals surface area contributed by atoms with Crippen LogP contribution in [0, 0.1) is 5.41 Å². The van der Waals surface area contributed by atoms with Gasteiger partial charge in [0.1, 0.15) is 0 Å². The van der Waals surface area contributed by atoms with Gasteiger partial charge in [0, 0.05) is 12.1 Å². The van der Waals surface area contributed by atoms with E-state index in [1.54, 1.807) is 0 Å². The minimum Gasteiger partial charge on any atom is -0.313 e. The van der Waals surface area contributed by atoms with Gasteiger partial charge in [0.25, 0.3) is 0 Å². The van der Waals surface area contributed by atoms with Gasteiger partial charge in [0.05, 0.1) is 0 Å². The molecule has 0 bridgehead atoms. The predicted molar refractivity (Wildman–Crippen MR) is 76.4 cm³/mol. The minimum atomic E-state index is 0.502. The Bertz CT molecular complexity index is 211. The molecule has 0 amide bonds. The van der Waals surface area contributed by atoms with E-state index in [1.807, 2.05) is 0 Å². The van der Waals surface area contributed by atoms with Gasteiger partial charge in [0.2, 0.25) is 0 Å². The van der Waals surface area contributed by atoms with Crippen molar-refractivity contribution in [2.24, 2.45) is 5.41 Å². The van der Waals surface area contributed by atoms with Crippen molar-refractivity contribution < 1.29 is 0 Å². The highest BCUT2D eigenvalue weighted by atomic mass is 15.1. The molecule has 1 aliphatic rings. The lowest BCUT2D eigenvalue weighted by molar-refractivity contribution is 0.165. The van der Waals surface area contributed by atoms with Gasteiger partial charge in [-0.15, -0.1) is 0 Å². The summed E-state index contributed by atoms with van der Waals surface area (Å²) in [6.07, 6.45) is 6.85. The molecule has 0 heterocycles. The van der Waals surface area contributed by atoms with E-state index in [1.165, 1.54) is 45.2 Å². The maximum Gasteiger partial charge on any atom is 0.0118 e. The fourth-order valence-electron chi connectivity index (χ4n) is 2.74. The average molecular weight is 240 g/mol. The third kappa shape index (κ3) is 4.97. The SMILES string of the molecule is CC(C)N(C)CCCNC1CCCCC1(C)C. The van der Waals surface area contributed by atoms with Crippen LogP contribution in [-0.2, 0) is 0 Å². The number of nitrogens with one attached hydrogen (secondary N) is 1. The monoisotopic (exact) mass is 240 g/mol. The average Bonchev–Trinajstić information content (AvgIpc) is 2.25. The molecule has 1 saturated carbocycles. The van der Waals surface area contributed by atoms with Crippen LogP contribution in [0.3, 0.4) is 0 Å². The van der Waals surface area contributed by atoms with E-state index >= 15 is 0 Å². The van der Waals surface area contributed by atoms with Gasteiger partial charge in [-0.1, -0.05) is 26.7 Å². The van der Waals surface area contributed by atoms with Gasteiger partial charge in [-0.3, -0.25) is 0 Å². The summed E-state index contributed by atoms with van der Waals surface area (Å²) < 4.78 is 0. The number of rotatable bonds is 6. The second-order valence-electron chi connectivity index (χ2n) is 6.67. The Morgan fingerprint density at radius 2 is 2.00 bits per heavy atom. The lowest BCUT2D eigenvalue weighted by atomic mass is 9.73. The largest absolute Gasteiger partial charge is 0.313 e. The molecule has 0 aromatic carbocycles. The van der Waals surface area contributed by atoms with Crippen LogP contribution in [0.25, 0.3) is 0 Å². The molecular formula is C15H32N2. The summed E-state index contributed by atoms with van der Waals surface area (Å²) in [5, 5.41) is 3.78. The van der Waals surface area contributed by atoms with Crippen LogP contribution in [0.1, 0.15) is 59.8 Å². The van der Waals surface area contributed by atoms with Crippen molar-refractivity contribution in [2.45, 2.75) is 71.9 Å². The first-order chi connectivity index (χ1) is 7.93. The summed E-state index contributed by atoms with van der Waals surface area (Å²) in [6.45, 7) is 11.7. The lowest BCUT2D eigenvalue weighted by Gasteiger charge is -2.39. The van der Waals surface area contributed by atoms with Gasteiger partial charge < -0.3 is 10.2 Å². The Labute approximate surface area is 108 Å². The summed E-state index contributed by atoms with van der Waals surface area (Å²) in [5.74, 6) is 0. The molecule has 17 heavy (non-hydrogen) atoms. The van der Waals surface area contributed by atoms with E-state index in [-0.39, 0.29) is 0 Å². The van der Waals surface area contributed by atoms with Crippen LogP contribution in [0.5, 0.6) is 0 Å². The third-order valence-corrected chi connectivity index (χ3v) is 4.47. The van der Waals surface area contributed by atoms with Crippen LogP contribution in [0.15, 0.2) is 0 Å². The molecule has 0 aromatic heterocycles. The maximum absolute atomic E-state index is 3.78. The molecule has 1 aliphatic carbocycles. The topological polar surface area (TPSA) is 15.3 Å². The van der Waals surface area contributed by atoms with Gasteiger partial charge in [-0.25, -0.2) is 0 Å². The van der Waals surface area contributed by atoms with E-state index in [0.717, 1.165) is 6.04 Å². The smallest absolute Gasteiger partial charge is 0.0118 e. The number of nitrogens with zero attached hydrogens (tertiary/aromatic N) is 1. The molecule has 102 valence electrons. The van der Waals surface area contributed by atoms with Crippen molar-refractivity contribution in [3.05, 3.63) is 0 Å². The Balaban J connectivity index is 2.17. The van der Waals surface area contributed by atoms with Crippen molar-refractivity contribution in [3.8, 4) is 0 Å². The van der Waals surface area contributed by atoms with E-state index in [4.69, 9.17) is 0 Å². The molecule has 0 saturated heterocycles. The molecule has 0 aliphatic heterocycles. The molecule has 1 rings (SSSR count). The van der Waals surface area contributed by atoms with E-state index in [9.17, 15) is 0 Å². The normalized spacial score (nSPS) is 24.5. The van der Waals surface area contributed by atoms with E-state index < -0.39 is 0 Å². The van der Waals surface area contributed by atoms with Gasteiger partial charge in [-0.2, -0.15) is 0 Å². The lowest BCUT2D eigenvalue weighted by Crippen LogP contribution is -2.45. The summed E-state index contributed by atoms with van der Waals surface area (Å²) in [6, 6.07) is 1.40. The Kier molecular flexibility index (Phi) is 5.94. The number of hydrogen-bond donors (Lipinski definition) is 1. The summed E-state index contributed by atoms with van der Waals surface area (Å²) in [7, 11) is 2.22. The Hall–Kier alpha value is -0.0800. The zero-order valence-electron chi connectivity index (χ0n) is 12.6. The van der Waals surface area contributed by atoms with Crippen LogP contribution >= 0.6 is 0 Å². The molecule has 0 spiro atoms. The van der Waals surface area contributed by atoms with Crippen molar-refractivity contribution in [3.63, 3.8) is 0 Å². The molecule has 0 aromatic rings. The van der Waals surface area contributed by atoms with Gasteiger partial charge in [0.15, 0.2) is 0 Å². The van der Waals surface area contributed by atoms with Crippen LogP contribution < -0.4 is 5.32 Å². The van der Waals surface area contributed by atoms with Crippen molar-refractivity contribution in [1.29, 1.82) is 0 Å². The Morgan fingerprint density at radius 1 is 1.29 bits per heavy atom. The molecule has 0 radical (unpaired) electrons. The maximum atomic E-state index is 3.78. The second-order valence-corrected chi connectivity index (χ2v) is 6.67. The third-order valence-electron chi connectivity index (χ3n) is 4.47. The zero-order valence-corrected chi connectivity index (χ0v) is 12.6. The fraction of sp³-hybridized carbons (Fsp3) is 1.00. The highest BCUT2D eigenvalue weighted by molar-refractivity contribution is 4.87. The van der Waals surface area contributed by atoms with Crippen molar-refractivity contribution >= 4 is 0 Å². The molecule has 1 atom stereocenters. The minimum absolute atomic E-state index is 0.502. The highest BCUT2D eigenvalue weighted by Gasteiger charge is 2.31. The first-order valence-corrected chi connectivity index (χ1v) is 7.37. The van der Waals surface area contributed by atoms with Gasteiger partial charge in [-0.05, 0) is 58.7 Å². The molecule has 1 N–H and O–H groups in total. The van der Waals surface area contributed by atoms with Crippen LogP contribution in [0.2, 0.25) is 0 Å². The first kappa shape index (κ1) is 15.0. The van der Waals surface area contributed by atoms with Crippen LogP contribution in [0.4, 0.5) is 0 Å². The summed E-state index contributed by atoms with van der Waals surface area (Å²) >= 11 is 0. The second kappa shape index (κ2) is 6.75. The molecule has 2 heteroatoms. The van der Waals surface area contributed by atoms with Crippen molar-refractivity contribution in [1.82, 2.24) is 10.2 Å².